The van der Waals surface area contributed by atoms with Crippen molar-refractivity contribution in [1.29, 1.82) is 0 Å². The SMILES string of the molecule is Cc1nc(-c2ccc(S(=O)(=O)N3CC(C(=O)O)CCC3C)s2)cs1. The molecule has 0 saturated carbocycles. The number of nitrogens with zero attached hydrogens (tertiary/aromatic N) is 2. The van der Waals surface area contributed by atoms with Crippen molar-refractivity contribution >= 4 is 38.7 Å². The number of aliphatic carboxylic acids is 1. The van der Waals surface area contributed by atoms with Gasteiger partial charge in [-0.05, 0) is 38.8 Å². The highest BCUT2D eigenvalue weighted by atomic mass is 32.2. The molecule has 24 heavy (non-hydrogen) atoms. The first-order chi connectivity index (χ1) is 11.3. The largest absolute Gasteiger partial charge is 0.481 e. The third-order valence-electron chi connectivity index (χ3n) is 4.19. The molecule has 2 aromatic rings. The number of thiazole rings is 1. The Morgan fingerprint density at radius 3 is 2.75 bits per heavy atom. The normalized spacial score (nSPS) is 22.6. The topological polar surface area (TPSA) is 87.6 Å². The monoisotopic (exact) mass is 386 g/mol. The van der Waals surface area contributed by atoms with Crippen LogP contribution in [0.2, 0.25) is 0 Å². The Labute approximate surface area is 148 Å². The van der Waals surface area contributed by atoms with Gasteiger partial charge in [0, 0.05) is 18.0 Å². The summed E-state index contributed by atoms with van der Waals surface area (Å²) in [6.45, 7) is 3.76. The van der Waals surface area contributed by atoms with E-state index in [4.69, 9.17) is 0 Å². The molecule has 2 atom stereocenters. The summed E-state index contributed by atoms with van der Waals surface area (Å²) in [6.07, 6.45) is 1.07. The van der Waals surface area contributed by atoms with E-state index >= 15 is 0 Å². The van der Waals surface area contributed by atoms with Gasteiger partial charge in [0.1, 0.15) is 4.21 Å². The number of carboxylic acids is 1. The summed E-state index contributed by atoms with van der Waals surface area (Å²) in [4.78, 5) is 16.4. The first-order valence-electron chi connectivity index (χ1n) is 7.56. The Morgan fingerprint density at radius 2 is 2.12 bits per heavy atom. The number of piperidine rings is 1. The Bertz CT molecular complexity index is 856. The molecule has 3 heterocycles. The van der Waals surface area contributed by atoms with Crippen LogP contribution in [-0.2, 0) is 14.8 Å². The fourth-order valence-corrected chi connectivity index (χ4v) is 6.59. The van der Waals surface area contributed by atoms with Gasteiger partial charge in [-0.1, -0.05) is 0 Å². The molecule has 0 radical (unpaired) electrons. The van der Waals surface area contributed by atoms with Gasteiger partial charge in [-0.25, -0.2) is 13.4 Å². The second-order valence-corrected chi connectivity index (χ2v) is 10.2. The molecule has 0 amide bonds. The lowest BCUT2D eigenvalue weighted by Gasteiger charge is -2.34. The molecule has 1 fully saturated rings. The van der Waals surface area contributed by atoms with Gasteiger partial charge in [0.2, 0.25) is 0 Å². The van der Waals surface area contributed by atoms with Gasteiger partial charge in [-0.3, -0.25) is 4.79 Å². The predicted molar refractivity (Wildman–Crippen MR) is 93.9 cm³/mol. The van der Waals surface area contributed by atoms with Gasteiger partial charge < -0.3 is 5.11 Å². The Kier molecular flexibility index (Phi) is 4.78. The molecule has 130 valence electrons. The molecule has 1 N–H and O–H groups in total. The van der Waals surface area contributed by atoms with Gasteiger partial charge in [0.25, 0.3) is 10.0 Å². The highest BCUT2D eigenvalue weighted by Gasteiger charge is 2.38. The summed E-state index contributed by atoms with van der Waals surface area (Å²) in [5, 5.41) is 12.0. The molecule has 2 unspecified atom stereocenters. The van der Waals surface area contributed by atoms with Gasteiger partial charge >= 0.3 is 5.97 Å². The fraction of sp³-hybridized carbons (Fsp3) is 0.467. The molecule has 0 spiro atoms. The van der Waals surface area contributed by atoms with Crippen LogP contribution in [0.4, 0.5) is 0 Å². The molecule has 1 aliphatic rings. The summed E-state index contributed by atoms with van der Waals surface area (Å²) >= 11 is 2.70. The molecule has 0 aliphatic carbocycles. The predicted octanol–water partition coefficient (Wildman–Crippen LogP) is 3.05. The van der Waals surface area contributed by atoms with Crippen LogP contribution in [0.5, 0.6) is 0 Å². The zero-order valence-electron chi connectivity index (χ0n) is 13.3. The molecule has 0 bridgehead atoms. The third-order valence-corrected chi connectivity index (χ3v) is 8.52. The molecule has 1 aliphatic heterocycles. The van der Waals surface area contributed by atoms with E-state index in [9.17, 15) is 18.3 Å². The van der Waals surface area contributed by atoms with E-state index < -0.39 is 21.9 Å². The van der Waals surface area contributed by atoms with Gasteiger partial charge in [-0.15, -0.1) is 22.7 Å². The lowest BCUT2D eigenvalue weighted by Crippen LogP contribution is -2.47. The van der Waals surface area contributed by atoms with Crippen LogP contribution in [0.15, 0.2) is 21.7 Å². The highest BCUT2D eigenvalue weighted by Crippen LogP contribution is 2.35. The number of hydrogen-bond acceptors (Lipinski definition) is 6. The first kappa shape index (κ1) is 17.5. The number of rotatable bonds is 4. The van der Waals surface area contributed by atoms with Crippen molar-refractivity contribution in [2.24, 2.45) is 5.92 Å². The van der Waals surface area contributed by atoms with E-state index in [2.05, 4.69) is 4.98 Å². The molecule has 1 saturated heterocycles. The molecule has 9 heteroatoms. The number of thiophene rings is 1. The molecule has 0 aromatic carbocycles. The Hall–Kier alpha value is -1.29. The smallest absolute Gasteiger partial charge is 0.307 e. The minimum Gasteiger partial charge on any atom is -0.481 e. The lowest BCUT2D eigenvalue weighted by molar-refractivity contribution is -0.143. The van der Waals surface area contributed by atoms with Crippen molar-refractivity contribution in [3.63, 3.8) is 0 Å². The second kappa shape index (κ2) is 6.55. The minimum absolute atomic E-state index is 0.0296. The van der Waals surface area contributed by atoms with Crippen molar-refractivity contribution < 1.29 is 18.3 Å². The van der Waals surface area contributed by atoms with Gasteiger partial charge in [-0.2, -0.15) is 4.31 Å². The third kappa shape index (κ3) is 3.26. The van der Waals surface area contributed by atoms with Crippen molar-refractivity contribution in [1.82, 2.24) is 9.29 Å². The number of sulfonamides is 1. The van der Waals surface area contributed by atoms with Crippen LogP contribution in [0.3, 0.4) is 0 Å². The Balaban J connectivity index is 1.90. The summed E-state index contributed by atoms with van der Waals surface area (Å²) in [7, 11) is -3.69. The average Bonchev–Trinajstić information content (AvgIpc) is 3.16. The molecule has 6 nitrogen and oxygen atoms in total. The van der Waals surface area contributed by atoms with Crippen LogP contribution in [-0.4, -0.2) is 41.4 Å². The number of hydrogen-bond donors (Lipinski definition) is 1. The molecular formula is C15H18N2O4S3. The van der Waals surface area contributed by atoms with E-state index in [0.717, 1.165) is 15.6 Å². The average molecular weight is 387 g/mol. The van der Waals surface area contributed by atoms with Crippen LogP contribution in [0, 0.1) is 12.8 Å². The fourth-order valence-electron chi connectivity index (χ4n) is 2.80. The molecule has 3 rings (SSSR count). The highest BCUT2D eigenvalue weighted by molar-refractivity contribution is 7.91. The number of aromatic nitrogens is 1. The van der Waals surface area contributed by atoms with Crippen molar-refractivity contribution in [2.75, 3.05) is 6.54 Å². The maximum Gasteiger partial charge on any atom is 0.307 e. The molecule has 2 aromatic heterocycles. The standard InChI is InChI=1S/C15H18N2O4S3/c1-9-3-4-11(15(18)19)7-17(9)24(20,21)14-6-5-13(23-14)12-8-22-10(2)16-12/h5-6,8-9,11H,3-4,7H2,1-2H3,(H,18,19). The summed E-state index contributed by atoms with van der Waals surface area (Å²) < 4.78 is 27.5. The maximum absolute atomic E-state index is 12.9. The van der Waals surface area contributed by atoms with Gasteiger partial charge in [0.15, 0.2) is 0 Å². The van der Waals surface area contributed by atoms with E-state index in [0.29, 0.717) is 12.8 Å². The first-order valence-corrected chi connectivity index (χ1v) is 10.7. The zero-order valence-corrected chi connectivity index (χ0v) is 15.7. The number of carboxylic acid groups (broad SMARTS) is 1. The molecular weight excluding hydrogens is 368 g/mol. The van der Waals surface area contributed by atoms with E-state index in [-0.39, 0.29) is 16.8 Å². The van der Waals surface area contributed by atoms with Gasteiger partial charge in [0.05, 0.1) is 21.5 Å². The second-order valence-electron chi connectivity index (χ2n) is 5.91. The van der Waals surface area contributed by atoms with Crippen LogP contribution >= 0.6 is 22.7 Å². The van der Waals surface area contributed by atoms with Crippen molar-refractivity contribution in [3.8, 4) is 10.6 Å². The van der Waals surface area contributed by atoms with Crippen molar-refractivity contribution in [3.05, 3.63) is 22.5 Å². The van der Waals surface area contributed by atoms with Crippen molar-refractivity contribution in [2.45, 2.75) is 36.9 Å². The zero-order chi connectivity index (χ0) is 17.5. The number of carbonyl (C=O) groups is 1. The van der Waals surface area contributed by atoms with Crippen LogP contribution < -0.4 is 0 Å². The summed E-state index contributed by atoms with van der Waals surface area (Å²) in [6, 6.07) is 3.15. The maximum atomic E-state index is 12.9. The quantitative estimate of drug-likeness (QED) is 0.872. The van der Waals surface area contributed by atoms with E-state index in [1.165, 1.54) is 27.0 Å². The van der Waals surface area contributed by atoms with Crippen LogP contribution in [0.1, 0.15) is 24.8 Å². The summed E-state index contributed by atoms with van der Waals surface area (Å²) in [5.41, 5.74) is 0.777. The van der Waals surface area contributed by atoms with Crippen LogP contribution in [0.25, 0.3) is 10.6 Å². The van der Waals surface area contributed by atoms with E-state index in [1.807, 2.05) is 19.2 Å². The number of aryl methyl sites for hydroxylation is 1. The Morgan fingerprint density at radius 1 is 1.38 bits per heavy atom. The summed E-state index contributed by atoms with van der Waals surface area (Å²) in [5.74, 6) is -1.58. The minimum atomic E-state index is -3.69. The van der Waals surface area contributed by atoms with E-state index in [1.54, 1.807) is 12.1 Å². The lowest BCUT2D eigenvalue weighted by atomic mass is 9.96.